The van der Waals surface area contributed by atoms with Crippen molar-refractivity contribution in [3.05, 3.63) is 95.9 Å². The summed E-state index contributed by atoms with van der Waals surface area (Å²) >= 11 is 0. The largest absolute Gasteiger partial charge is 0.507 e. The van der Waals surface area contributed by atoms with Crippen molar-refractivity contribution < 1.29 is 19.1 Å². The van der Waals surface area contributed by atoms with Gasteiger partial charge in [-0.15, -0.1) is 0 Å². The monoisotopic (exact) mass is 413 g/mol. The lowest BCUT2D eigenvalue weighted by Gasteiger charge is -2.08. The maximum atomic E-state index is 12.5. The van der Waals surface area contributed by atoms with Crippen LogP contribution in [-0.4, -0.2) is 22.6 Å². The molecule has 154 valence electrons. The van der Waals surface area contributed by atoms with E-state index in [1.165, 1.54) is 6.26 Å². The summed E-state index contributed by atoms with van der Waals surface area (Å²) in [5.41, 5.74) is 4.55. The fourth-order valence-electron chi connectivity index (χ4n) is 3.06. The van der Waals surface area contributed by atoms with Gasteiger partial charge in [-0.1, -0.05) is 36.4 Å². The molecule has 0 saturated carbocycles. The summed E-state index contributed by atoms with van der Waals surface area (Å²) in [6.07, 6.45) is 1.43. The lowest BCUT2D eigenvalue weighted by Crippen LogP contribution is -2.19. The van der Waals surface area contributed by atoms with Crippen molar-refractivity contribution in [2.45, 2.75) is 6.92 Å². The standard InChI is InChI=1S/C24H19N3O4/c1-15(16-8-10-19(11-9-16)25-24(30)22-7-4-12-31-22)26-27-23(29)20-13-17-5-2-3-6-18(17)14-21(20)28/h2-14,28H,1H3,(H,25,30)(H,27,29)/b26-15-. The average Bonchev–Trinajstić information content (AvgIpc) is 3.32. The van der Waals surface area contributed by atoms with E-state index in [2.05, 4.69) is 15.8 Å². The molecular weight excluding hydrogens is 394 g/mol. The second kappa shape index (κ2) is 8.54. The van der Waals surface area contributed by atoms with Gasteiger partial charge < -0.3 is 14.8 Å². The molecular formula is C24H19N3O4. The second-order valence-electron chi connectivity index (χ2n) is 6.86. The second-order valence-corrected chi connectivity index (χ2v) is 6.86. The number of nitrogens with one attached hydrogen (secondary N) is 2. The maximum Gasteiger partial charge on any atom is 0.291 e. The number of carbonyl (C=O) groups excluding carboxylic acids is 2. The topological polar surface area (TPSA) is 104 Å². The molecule has 3 aromatic carbocycles. The quantitative estimate of drug-likeness (QED) is 0.330. The van der Waals surface area contributed by atoms with E-state index in [1.807, 2.05) is 24.3 Å². The van der Waals surface area contributed by atoms with Gasteiger partial charge in [0.1, 0.15) is 5.75 Å². The van der Waals surface area contributed by atoms with E-state index in [1.54, 1.807) is 55.5 Å². The van der Waals surface area contributed by atoms with Crippen LogP contribution in [0.2, 0.25) is 0 Å². The molecule has 0 bridgehead atoms. The molecule has 3 N–H and O–H groups in total. The first-order valence-corrected chi connectivity index (χ1v) is 9.53. The van der Waals surface area contributed by atoms with E-state index in [0.717, 1.165) is 16.3 Å². The molecule has 4 aromatic rings. The third kappa shape index (κ3) is 4.45. The van der Waals surface area contributed by atoms with Gasteiger partial charge in [0.05, 0.1) is 17.5 Å². The molecule has 1 heterocycles. The normalized spacial score (nSPS) is 11.3. The minimum atomic E-state index is -0.509. The van der Waals surface area contributed by atoms with Crippen LogP contribution in [0.5, 0.6) is 5.75 Å². The highest BCUT2D eigenvalue weighted by Crippen LogP contribution is 2.25. The van der Waals surface area contributed by atoms with Crippen molar-refractivity contribution in [2.75, 3.05) is 5.32 Å². The SMILES string of the molecule is C/C(=N/NC(=O)c1cc2ccccc2cc1O)c1ccc(NC(=O)c2ccco2)cc1. The minimum absolute atomic E-state index is 0.110. The number of hydrogen-bond acceptors (Lipinski definition) is 5. The van der Waals surface area contributed by atoms with E-state index in [-0.39, 0.29) is 23.0 Å². The number of aromatic hydroxyl groups is 1. The summed E-state index contributed by atoms with van der Waals surface area (Å²) in [6, 6.07) is 20.9. The molecule has 7 nitrogen and oxygen atoms in total. The first-order valence-electron chi connectivity index (χ1n) is 9.53. The van der Waals surface area contributed by atoms with Gasteiger partial charge in [-0.25, -0.2) is 5.43 Å². The van der Waals surface area contributed by atoms with Gasteiger partial charge >= 0.3 is 0 Å². The molecule has 0 fully saturated rings. The Morgan fingerprint density at radius 2 is 1.61 bits per heavy atom. The van der Waals surface area contributed by atoms with Crippen LogP contribution in [-0.2, 0) is 0 Å². The van der Waals surface area contributed by atoms with Gasteiger partial charge in [0, 0.05) is 5.69 Å². The summed E-state index contributed by atoms with van der Waals surface area (Å²) in [5, 5.41) is 18.7. The van der Waals surface area contributed by atoms with Crippen molar-refractivity contribution in [1.82, 2.24) is 5.43 Å². The Kier molecular flexibility index (Phi) is 5.49. The van der Waals surface area contributed by atoms with Gasteiger partial charge in [0.2, 0.25) is 0 Å². The van der Waals surface area contributed by atoms with Crippen LogP contribution in [0.25, 0.3) is 10.8 Å². The first kappa shape index (κ1) is 19.9. The number of nitrogens with zero attached hydrogens (tertiary/aromatic N) is 1. The molecule has 31 heavy (non-hydrogen) atoms. The van der Waals surface area contributed by atoms with E-state index < -0.39 is 5.91 Å². The number of fused-ring (bicyclic) bond motifs is 1. The average molecular weight is 413 g/mol. The van der Waals surface area contributed by atoms with Crippen LogP contribution < -0.4 is 10.7 Å². The van der Waals surface area contributed by atoms with Crippen LogP contribution >= 0.6 is 0 Å². The molecule has 1 aromatic heterocycles. The Morgan fingerprint density at radius 1 is 0.903 bits per heavy atom. The Bertz CT molecular complexity index is 1280. The predicted molar refractivity (Wildman–Crippen MR) is 118 cm³/mol. The zero-order valence-electron chi connectivity index (χ0n) is 16.6. The highest BCUT2D eigenvalue weighted by Gasteiger charge is 2.12. The summed E-state index contributed by atoms with van der Waals surface area (Å²) < 4.78 is 5.06. The van der Waals surface area contributed by atoms with Gasteiger partial charge in [0.25, 0.3) is 11.8 Å². The van der Waals surface area contributed by atoms with Crippen LogP contribution in [0.3, 0.4) is 0 Å². The fourth-order valence-corrected chi connectivity index (χ4v) is 3.06. The zero-order chi connectivity index (χ0) is 21.8. The van der Waals surface area contributed by atoms with Crippen molar-refractivity contribution in [2.24, 2.45) is 5.10 Å². The van der Waals surface area contributed by atoms with Gasteiger partial charge in [-0.2, -0.15) is 5.10 Å². The number of phenolic OH excluding ortho intramolecular Hbond substituents is 1. The number of anilines is 1. The number of carbonyl (C=O) groups is 2. The third-order valence-electron chi connectivity index (χ3n) is 4.74. The van der Waals surface area contributed by atoms with E-state index in [0.29, 0.717) is 11.4 Å². The molecule has 0 spiro atoms. The molecule has 0 aliphatic carbocycles. The van der Waals surface area contributed by atoms with Crippen molar-refractivity contribution in [3.8, 4) is 5.75 Å². The Labute approximate surface area is 178 Å². The molecule has 0 aliphatic rings. The molecule has 0 atom stereocenters. The van der Waals surface area contributed by atoms with Gasteiger partial charge in [0.15, 0.2) is 5.76 Å². The Balaban J connectivity index is 1.44. The fraction of sp³-hybridized carbons (Fsp3) is 0.0417. The maximum absolute atomic E-state index is 12.5. The van der Waals surface area contributed by atoms with E-state index in [9.17, 15) is 14.7 Å². The number of hydrogen-bond donors (Lipinski definition) is 3. The Hall–Kier alpha value is -4.39. The first-order chi connectivity index (χ1) is 15.0. The van der Waals surface area contributed by atoms with Crippen LogP contribution in [0, 0.1) is 0 Å². The predicted octanol–water partition coefficient (Wildman–Crippen LogP) is 4.54. The highest BCUT2D eigenvalue weighted by molar-refractivity contribution is 6.05. The van der Waals surface area contributed by atoms with Crippen molar-refractivity contribution in [3.63, 3.8) is 0 Å². The molecule has 0 saturated heterocycles. The minimum Gasteiger partial charge on any atom is -0.507 e. The van der Waals surface area contributed by atoms with Gasteiger partial charge in [-0.05, 0) is 59.7 Å². The number of benzene rings is 3. The lowest BCUT2D eigenvalue weighted by atomic mass is 10.1. The number of furan rings is 1. The van der Waals surface area contributed by atoms with Crippen molar-refractivity contribution in [1.29, 1.82) is 0 Å². The van der Waals surface area contributed by atoms with Crippen LogP contribution in [0.4, 0.5) is 5.69 Å². The number of phenols is 1. The Morgan fingerprint density at radius 3 is 2.29 bits per heavy atom. The zero-order valence-corrected chi connectivity index (χ0v) is 16.6. The molecule has 0 radical (unpaired) electrons. The lowest BCUT2D eigenvalue weighted by molar-refractivity contribution is 0.0951. The third-order valence-corrected chi connectivity index (χ3v) is 4.74. The molecule has 4 rings (SSSR count). The summed E-state index contributed by atoms with van der Waals surface area (Å²) in [4.78, 5) is 24.5. The number of rotatable bonds is 5. The van der Waals surface area contributed by atoms with E-state index in [4.69, 9.17) is 4.42 Å². The van der Waals surface area contributed by atoms with Crippen LogP contribution in [0.1, 0.15) is 33.4 Å². The van der Waals surface area contributed by atoms with Gasteiger partial charge in [-0.3, -0.25) is 9.59 Å². The molecule has 0 aliphatic heterocycles. The highest BCUT2D eigenvalue weighted by atomic mass is 16.3. The summed E-state index contributed by atoms with van der Waals surface area (Å²) in [7, 11) is 0. The molecule has 0 unspecified atom stereocenters. The molecule has 2 amide bonds. The van der Waals surface area contributed by atoms with Crippen LogP contribution in [0.15, 0.2) is 88.6 Å². The summed E-state index contributed by atoms with van der Waals surface area (Å²) in [6.45, 7) is 1.75. The number of amides is 2. The van der Waals surface area contributed by atoms with Crippen molar-refractivity contribution >= 4 is 34.0 Å². The molecule has 7 heteroatoms. The van der Waals surface area contributed by atoms with E-state index >= 15 is 0 Å². The number of hydrazone groups is 1. The summed E-state index contributed by atoms with van der Waals surface area (Å²) in [5.74, 6) is -0.738. The smallest absolute Gasteiger partial charge is 0.291 e.